The number of allylic oxidation sites excluding steroid dienone is 16. The van der Waals surface area contributed by atoms with Crippen molar-refractivity contribution in [2.24, 2.45) is 0 Å². The fourth-order valence-corrected chi connectivity index (χ4v) is 6.14. The molecule has 0 aliphatic carbocycles. The van der Waals surface area contributed by atoms with Crippen LogP contribution in [-0.4, -0.2) is 37.2 Å². The normalized spacial score (nSPS) is 12.9. The van der Waals surface area contributed by atoms with Crippen molar-refractivity contribution < 1.29 is 28.6 Å². The number of hydrogen-bond acceptors (Lipinski definition) is 6. The minimum absolute atomic E-state index is 0.101. The number of ether oxygens (including phenoxy) is 3. The third kappa shape index (κ3) is 45.3. The van der Waals surface area contributed by atoms with Gasteiger partial charge in [-0.3, -0.25) is 14.4 Å². The predicted octanol–water partition coefficient (Wildman–Crippen LogP) is 15.4. The molecule has 0 heterocycles. The average Bonchev–Trinajstić information content (AvgIpc) is 3.23. The Labute approximate surface area is 362 Å². The maximum absolute atomic E-state index is 12.8. The summed E-state index contributed by atoms with van der Waals surface area (Å²) in [5.41, 5.74) is 0. The molecule has 0 aromatic heterocycles. The molecule has 59 heavy (non-hydrogen) atoms. The predicted molar refractivity (Wildman–Crippen MR) is 251 cm³/mol. The smallest absolute Gasteiger partial charge is 0.306 e. The van der Waals surface area contributed by atoms with Crippen molar-refractivity contribution in [1.82, 2.24) is 0 Å². The highest BCUT2D eigenvalue weighted by molar-refractivity contribution is 5.71. The maximum Gasteiger partial charge on any atom is 0.306 e. The SMILES string of the molecule is CC\C=C/C=C\C=C/C=C\C=C/CCCCCC(=O)OCC(COC(=O)CCCCCCC/C=C\CCCCC)OC(=O)CCCCCCCCC/C=C\C/C=C\CC. The topological polar surface area (TPSA) is 78.9 Å². The highest BCUT2D eigenvalue weighted by Crippen LogP contribution is 2.13. The van der Waals surface area contributed by atoms with Crippen molar-refractivity contribution in [3.05, 3.63) is 97.2 Å². The van der Waals surface area contributed by atoms with Crippen molar-refractivity contribution in [2.45, 2.75) is 207 Å². The minimum atomic E-state index is -0.802. The van der Waals surface area contributed by atoms with E-state index in [2.05, 4.69) is 69.4 Å². The molecule has 0 saturated carbocycles. The fourth-order valence-electron chi connectivity index (χ4n) is 6.14. The first-order valence-electron chi connectivity index (χ1n) is 23.8. The van der Waals surface area contributed by atoms with E-state index < -0.39 is 6.10 Å². The summed E-state index contributed by atoms with van der Waals surface area (Å²) in [4.78, 5) is 37.8. The van der Waals surface area contributed by atoms with Gasteiger partial charge < -0.3 is 14.2 Å². The van der Waals surface area contributed by atoms with Crippen LogP contribution in [-0.2, 0) is 28.6 Å². The number of rotatable bonds is 41. The summed E-state index contributed by atoms with van der Waals surface area (Å²) < 4.78 is 16.7. The second-order valence-corrected chi connectivity index (χ2v) is 15.4. The van der Waals surface area contributed by atoms with E-state index in [9.17, 15) is 14.4 Å². The van der Waals surface area contributed by atoms with Crippen molar-refractivity contribution in [3.8, 4) is 0 Å². The molecule has 0 fully saturated rings. The van der Waals surface area contributed by atoms with Gasteiger partial charge in [-0.1, -0.05) is 189 Å². The van der Waals surface area contributed by atoms with Crippen LogP contribution < -0.4 is 0 Å². The van der Waals surface area contributed by atoms with E-state index in [0.717, 1.165) is 103 Å². The van der Waals surface area contributed by atoms with Gasteiger partial charge in [-0.2, -0.15) is 0 Å². The lowest BCUT2D eigenvalue weighted by atomic mass is 10.1. The molecule has 0 saturated heterocycles. The van der Waals surface area contributed by atoms with Gasteiger partial charge in [0.1, 0.15) is 13.2 Å². The fraction of sp³-hybridized carbons (Fsp3) is 0.642. The Morgan fingerprint density at radius 2 is 0.746 bits per heavy atom. The van der Waals surface area contributed by atoms with Crippen LogP contribution in [0.1, 0.15) is 201 Å². The van der Waals surface area contributed by atoms with Gasteiger partial charge in [-0.25, -0.2) is 0 Å². The molecule has 0 aliphatic heterocycles. The molecule has 1 unspecified atom stereocenters. The highest BCUT2D eigenvalue weighted by atomic mass is 16.6. The lowest BCUT2D eigenvalue weighted by molar-refractivity contribution is -0.167. The summed E-state index contributed by atoms with van der Waals surface area (Å²) in [5.74, 6) is -0.968. The lowest BCUT2D eigenvalue weighted by Crippen LogP contribution is -2.30. The molecule has 1 atom stereocenters. The van der Waals surface area contributed by atoms with Gasteiger partial charge in [0.05, 0.1) is 0 Å². The summed E-state index contributed by atoms with van der Waals surface area (Å²) in [6.45, 7) is 6.29. The van der Waals surface area contributed by atoms with E-state index in [1.807, 2.05) is 48.6 Å². The van der Waals surface area contributed by atoms with E-state index in [0.29, 0.717) is 19.3 Å². The molecule has 0 aliphatic rings. The van der Waals surface area contributed by atoms with E-state index >= 15 is 0 Å². The largest absolute Gasteiger partial charge is 0.462 e. The van der Waals surface area contributed by atoms with Crippen LogP contribution in [0.15, 0.2) is 97.2 Å². The van der Waals surface area contributed by atoms with Crippen molar-refractivity contribution in [1.29, 1.82) is 0 Å². The van der Waals surface area contributed by atoms with Gasteiger partial charge in [0.15, 0.2) is 6.10 Å². The molecule has 0 radical (unpaired) electrons. The summed E-state index contributed by atoms with van der Waals surface area (Å²) >= 11 is 0. The molecule has 0 N–H and O–H groups in total. The molecule has 334 valence electrons. The quantitative estimate of drug-likeness (QED) is 0.0201. The number of hydrogen-bond donors (Lipinski definition) is 0. The Morgan fingerprint density at radius 1 is 0.373 bits per heavy atom. The summed E-state index contributed by atoms with van der Waals surface area (Å²) in [6.07, 6.45) is 61.0. The first-order valence-corrected chi connectivity index (χ1v) is 23.8. The number of unbranched alkanes of at least 4 members (excludes halogenated alkanes) is 18. The number of carbonyl (C=O) groups is 3. The Bertz CT molecular complexity index is 1220. The molecule has 0 aromatic carbocycles. The van der Waals surface area contributed by atoms with Gasteiger partial charge in [-0.05, 0) is 89.9 Å². The minimum Gasteiger partial charge on any atom is -0.462 e. The van der Waals surface area contributed by atoms with Crippen LogP contribution in [0.2, 0.25) is 0 Å². The maximum atomic E-state index is 12.8. The molecule has 0 bridgehead atoms. The Morgan fingerprint density at radius 3 is 1.25 bits per heavy atom. The first-order chi connectivity index (χ1) is 29.0. The van der Waals surface area contributed by atoms with E-state index in [-0.39, 0.29) is 31.1 Å². The van der Waals surface area contributed by atoms with Crippen molar-refractivity contribution in [3.63, 3.8) is 0 Å². The Kier molecular flexibility index (Phi) is 44.1. The number of carbonyl (C=O) groups excluding carboxylic acids is 3. The summed E-state index contributed by atoms with van der Waals surface area (Å²) in [5, 5.41) is 0. The van der Waals surface area contributed by atoms with Crippen LogP contribution in [0.5, 0.6) is 0 Å². The summed E-state index contributed by atoms with van der Waals surface area (Å²) in [6, 6.07) is 0. The van der Waals surface area contributed by atoms with E-state index in [1.54, 1.807) is 0 Å². The average molecular weight is 819 g/mol. The van der Waals surface area contributed by atoms with E-state index in [4.69, 9.17) is 14.2 Å². The molecular weight excluding hydrogens is 733 g/mol. The standard InChI is InChI=1S/C53H86O6/c1-4-7-10-13-16-19-22-25-27-29-31-34-37-40-43-46-52(55)58-49-50(48-57-51(54)45-42-39-36-33-30-24-21-18-15-12-9-6-3)59-53(56)47-44-41-38-35-32-28-26-23-20-17-14-11-8-5-2/h7-8,10-11,13,16-22,25,27,29,31,50H,4-6,9,12,14-15,23-24,26,28,30,32-49H2,1-3H3/b10-7-,11-8-,16-13-,20-17-,21-18-,22-19-,27-25-,31-29-. The third-order valence-corrected chi connectivity index (χ3v) is 9.68. The van der Waals surface area contributed by atoms with Crippen LogP contribution in [0.4, 0.5) is 0 Å². The second-order valence-electron chi connectivity index (χ2n) is 15.4. The van der Waals surface area contributed by atoms with Gasteiger partial charge in [0.2, 0.25) is 0 Å². The summed E-state index contributed by atoms with van der Waals surface area (Å²) in [7, 11) is 0. The van der Waals surface area contributed by atoms with Crippen molar-refractivity contribution >= 4 is 17.9 Å². The van der Waals surface area contributed by atoms with Crippen LogP contribution in [0.3, 0.4) is 0 Å². The van der Waals surface area contributed by atoms with Crippen LogP contribution in [0, 0.1) is 0 Å². The third-order valence-electron chi connectivity index (χ3n) is 9.68. The Hall–Kier alpha value is -3.67. The Balaban J connectivity index is 4.50. The molecule has 0 amide bonds. The van der Waals surface area contributed by atoms with Crippen LogP contribution in [0.25, 0.3) is 0 Å². The van der Waals surface area contributed by atoms with Gasteiger partial charge >= 0.3 is 17.9 Å². The van der Waals surface area contributed by atoms with Gasteiger partial charge in [0.25, 0.3) is 0 Å². The molecule has 6 heteroatoms. The van der Waals surface area contributed by atoms with Gasteiger partial charge in [-0.15, -0.1) is 0 Å². The molecule has 0 spiro atoms. The van der Waals surface area contributed by atoms with Gasteiger partial charge in [0, 0.05) is 19.3 Å². The molecule has 6 nitrogen and oxygen atoms in total. The van der Waals surface area contributed by atoms with Crippen LogP contribution >= 0.6 is 0 Å². The number of esters is 3. The first kappa shape index (κ1) is 55.3. The highest BCUT2D eigenvalue weighted by Gasteiger charge is 2.19. The zero-order chi connectivity index (χ0) is 43.0. The zero-order valence-corrected chi connectivity index (χ0v) is 38.0. The van der Waals surface area contributed by atoms with E-state index in [1.165, 1.54) is 57.8 Å². The zero-order valence-electron chi connectivity index (χ0n) is 38.0. The lowest BCUT2D eigenvalue weighted by Gasteiger charge is -2.18. The molecule has 0 aromatic rings. The second kappa shape index (κ2) is 47.0. The molecule has 0 rings (SSSR count). The monoisotopic (exact) mass is 819 g/mol. The van der Waals surface area contributed by atoms with Crippen molar-refractivity contribution in [2.75, 3.05) is 13.2 Å². The molecular formula is C53H86O6.